The first kappa shape index (κ1) is 12.2. The quantitative estimate of drug-likeness (QED) is 0.830. The summed E-state index contributed by atoms with van der Waals surface area (Å²) in [5.41, 5.74) is 2.03. The maximum Gasteiger partial charge on any atom is 0.123 e. The molecule has 1 heterocycles. The summed E-state index contributed by atoms with van der Waals surface area (Å²) in [5.74, 6) is -0.212. The van der Waals surface area contributed by atoms with Gasteiger partial charge in [-0.05, 0) is 45.3 Å². The normalized spacial score (nSPS) is 11.1. The molecule has 4 heteroatoms. The van der Waals surface area contributed by atoms with E-state index in [4.69, 9.17) is 0 Å². The Bertz CT molecular complexity index is 503. The summed E-state index contributed by atoms with van der Waals surface area (Å²) in [4.78, 5) is 7.91. The van der Waals surface area contributed by atoms with Gasteiger partial charge in [0.25, 0.3) is 0 Å². The largest absolute Gasteiger partial charge is 0.304 e. The first-order valence-corrected chi connectivity index (χ1v) is 6.25. The van der Waals surface area contributed by atoms with Crippen LogP contribution >= 0.6 is 11.3 Å². The number of thiazole rings is 1. The smallest absolute Gasteiger partial charge is 0.123 e. The molecule has 17 heavy (non-hydrogen) atoms. The standard InChI is InChI=1S/C13H15FN2S/c1-9-12(8-16(2)3)17-13(15-9)10-4-6-11(14)7-5-10/h4-7H,8H2,1-3H3. The summed E-state index contributed by atoms with van der Waals surface area (Å²) >= 11 is 1.67. The number of hydrogen-bond acceptors (Lipinski definition) is 3. The van der Waals surface area contributed by atoms with Crippen molar-refractivity contribution in [2.45, 2.75) is 13.5 Å². The van der Waals surface area contributed by atoms with Crippen molar-refractivity contribution in [2.24, 2.45) is 0 Å². The number of aryl methyl sites for hydroxylation is 1. The summed E-state index contributed by atoms with van der Waals surface area (Å²) in [6.07, 6.45) is 0. The highest BCUT2D eigenvalue weighted by Gasteiger charge is 2.09. The lowest BCUT2D eigenvalue weighted by Crippen LogP contribution is -2.10. The van der Waals surface area contributed by atoms with E-state index in [9.17, 15) is 4.39 Å². The van der Waals surface area contributed by atoms with Gasteiger partial charge >= 0.3 is 0 Å². The van der Waals surface area contributed by atoms with E-state index < -0.39 is 0 Å². The van der Waals surface area contributed by atoms with E-state index in [0.29, 0.717) is 0 Å². The summed E-state index contributed by atoms with van der Waals surface area (Å²) < 4.78 is 12.8. The molecule has 0 atom stereocenters. The van der Waals surface area contributed by atoms with E-state index in [0.717, 1.165) is 22.8 Å². The van der Waals surface area contributed by atoms with E-state index in [1.165, 1.54) is 17.0 Å². The number of halogens is 1. The molecule has 2 aromatic rings. The molecule has 0 bridgehead atoms. The van der Waals surface area contributed by atoms with Crippen LogP contribution in [0, 0.1) is 12.7 Å². The fourth-order valence-corrected chi connectivity index (χ4v) is 2.76. The fraction of sp³-hybridized carbons (Fsp3) is 0.308. The van der Waals surface area contributed by atoms with Gasteiger partial charge in [-0.3, -0.25) is 0 Å². The Labute approximate surface area is 105 Å². The average Bonchev–Trinajstić information content (AvgIpc) is 2.60. The second-order valence-electron chi connectivity index (χ2n) is 4.27. The van der Waals surface area contributed by atoms with Crippen molar-refractivity contribution in [2.75, 3.05) is 14.1 Å². The van der Waals surface area contributed by atoms with Crippen LogP contribution in [0.4, 0.5) is 4.39 Å². The number of nitrogens with zero attached hydrogens (tertiary/aromatic N) is 2. The fourth-order valence-electron chi connectivity index (χ4n) is 1.58. The van der Waals surface area contributed by atoms with Gasteiger partial charge in [0, 0.05) is 17.0 Å². The molecular formula is C13H15FN2S. The first-order chi connectivity index (χ1) is 8.06. The van der Waals surface area contributed by atoms with Gasteiger partial charge in [-0.2, -0.15) is 0 Å². The van der Waals surface area contributed by atoms with Crippen molar-refractivity contribution < 1.29 is 4.39 Å². The van der Waals surface area contributed by atoms with Crippen LogP contribution in [0.15, 0.2) is 24.3 Å². The summed E-state index contributed by atoms with van der Waals surface area (Å²) in [5, 5.41) is 0.958. The van der Waals surface area contributed by atoms with Crippen molar-refractivity contribution in [3.05, 3.63) is 40.7 Å². The number of hydrogen-bond donors (Lipinski definition) is 0. The highest BCUT2D eigenvalue weighted by molar-refractivity contribution is 7.15. The minimum atomic E-state index is -0.212. The van der Waals surface area contributed by atoms with Crippen LogP contribution in [-0.4, -0.2) is 24.0 Å². The van der Waals surface area contributed by atoms with Gasteiger partial charge in [-0.1, -0.05) is 0 Å². The molecule has 0 unspecified atom stereocenters. The predicted molar refractivity (Wildman–Crippen MR) is 69.6 cm³/mol. The minimum absolute atomic E-state index is 0.212. The monoisotopic (exact) mass is 250 g/mol. The topological polar surface area (TPSA) is 16.1 Å². The van der Waals surface area contributed by atoms with Crippen molar-refractivity contribution in [3.63, 3.8) is 0 Å². The van der Waals surface area contributed by atoms with Crippen molar-refractivity contribution in [3.8, 4) is 10.6 Å². The third kappa shape index (κ3) is 2.90. The first-order valence-electron chi connectivity index (χ1n) is 5.43. The highest BCUT2D eigenvalue weighted by atomic mass is 32.1. The SMILES string of the molecule is Cc1nc(-c2ccc(F)cc2)sc1CN(C)C. The molecule has 0 aliphatic heterocycles. The zero-order chi connectivity index (χ0) is 12.4. The summed E-state index contributed by atoms with van der Waals surface area (Å²) in [6, 6.07) is 6.48. The van der Waals surface area contributed by atoms with Crippen molar-refractivity contribution in [1.29, 1.82) is 0 Å². The number of aromatic nitrogens is 1. The zero-order valence-electron chi connectivity index (χ0n) is 10.2. The van der Waals surface area contributed by atoms with E-state index in [-0.39, 0.29) is 5.82 Å². The van der Waals surface area contributed by atoms with Gasteiger partial charge in [0.05, 0.1) is 5.69 Å². The Balaban J connectivity index is 2.31. The molecule has 2 nitrogen and oxygen atoms in total. The molecule has 0 aliphatic carbocycles. The molecule has 0 aliphatic rings. The third-order valence-electron chi connectivity index (χ3n) is 2.44. The van der Waals surface area contributed by atoms with Gasteiger partial charge in [0.15, 0.2) is 0 Å². The van der Waals surface area contributed by atoms with Crippen LogP contribution in [0.3, 0.4) is 0 Å². The molecule has 1 aromatic heterocycles. The van der Waals surface area contributed by atoms with Crippen molar-refractivity contribution in [1.82, 2.24) is 9.88 Å². The van der Waals surface area contributed by atoms with Crippen molar-refractivity contribution >= 4 is 11.3 Å². The maximum atomic E-state index is 12.8. The molecule has 2 rings (SSSR count). The van der Waals surface area contributed by atoms with Gasteiger partial charge in [0.2, 0.25) is 0 Å². The van der Waals surface area contributed by atoms with E-state index in [2.05, 4.69) is 9.88 Å². The van der Waals surface area contributed by atoms with Gasteiger partial charge in [-0.25, -0.2) is 9.37 Å². The molecule has 0 amide bonds. The van der Waals surface area contributed by atoms with Crippen LogP contribution in [0.25, 0.3) is 10.6 Å². The lowest BCUT2D eigenvalue weighted by Gasteiger charge is -2.06. The second-order valence-corrected chi connectivity index (χ2v) is 5.36. The lowest BCUT2D eigenvalue weighted by molar-refractivity contribution is 0.405. The third-order valence-corrected chi connectivity index (χ3v) is 3.63. The average molecular weight is 250 g/mol. The molecule has 1 aromatic carbocycles. The zero-order valence-corrected chi connectivity index (χ0v) is 11.0. The van der Waals surface area contributed by atoms with Crippen LogP contribution in [0.1, 0.15) is 10.6 Å². The summed E-state index contributed by atoms with van der Waals surface area (Å²) in [6.45, 7) is 2.91. The Morgan fingerprint density at radius 1 is 1.24 bits per heavy atom. The molecular weight excluding hydrogens is 235 g/mol. The molecule has 0 radical (unpaired) electrons. The molecule has 0 spiro atoms. The summed E-state index contributed by atoms with van der Waals surface area (Å²) in [7, 11) is 4.08. The van der Waals surface area contributed by atoms with Crippen LogP contribution in [0.2, 0.25) is 0 Å². The second kappa shape index (κ2) is 4.94. The van der Waals surface area contributed by atoms with Crippen LogP contribution in [-0.2, 0) is 6.54 Å². The Morgan fingerprint density at radius 3 is 2.47 bits per heavy atom. The Hall–Kier alpha value is -1.26. The van der Waals surface area contributed by atoms with Gasteiger partial charge in [-0.15, -0.1) is 11.3 Å². The van der Waals surface area contributed by atoms with Crippen LogP contribution in [0.5, 0.6) is 0 Å². The Morgan fingerprint density at radius 2 is 1.88 bits per heavy atom. The van der Waals surface area contributed by atoms with Gasteiger partial charge < -0.3 is 4.90 Å². The molecule has 0 saturated carbocycles. The number of rotatable bonds is 3. The molecule has 0 fully saturated rings. The van der Waals surface area contributed by atoms with Gasteiger partial charge in [0.1, 0.15) is 10.8 Å². The Kier molecular flexibility index (Phi) is 3.54. The van der Waals surface area contributed by atoms with E-state index in [1.54, 1.807) is 23.5 Å². The molecule has 0 saturated heterocycles. The van der Waals surface area contributed by atoms with E-state index in [1.807, 2.05) is 21.0 Å². The predicted octanol–water partition coefficient (Wildman–Crippen LogP) is 3.32. The van der Waals surface area contributed by atoms with E-state index >= 15 is 0 Å². The van der Waals surface area contributed by atoms with Crippen LogP contribution < -0.4 is 0 Å². The minimum Gasteiger partial charge on any atom is -0.304 e. The lowest BCUT2D eigenvalue weighted by atomic mass is 10.2. The number of benzene rings is 1. The highest BCUT2D eigenvalue weighted by Crippen LogP contribution is 2.28. The molecule has 90 valence electrons. The maximum absolute atomic E-state index is 12.8. The molecule has 0 N–H and O–H groups in total.